The molecule has 1 saturated heterocycles. The summed E-state index contributed by atoms with van der Waals surface area (Å²) < 4.78 is 28.6. The number of hydrogen-bond donors (Lipinski definition) is 1. The normalized spacial score (nSPS) is 15.5. The van der Waals surface area contributed by atoms with Gasteiger partial charge in [-0.15, -0.1) is 5.10 Å². The van der Waals surface area contributed by atoms with Crippen molar-refractivity contribution in [1.29, 1.82) is 0 Å². The number of nitrogens with zero attached hydrogens (tertiary/aromatic N) is 4. The van der Waals surface area contributed by atoms with Crippen LogP contribution in [0.25, 0.3) is 16.7 Å². The van der Waals surface area contributed by atoms with E-state index in [2.05, 4.69) is 10.3 Å². The van der Waals surface area contributed by atoms with E-state index in [0.717, 1.165) is 12.8 Å². The molecule has 0 spiro atoms. The predicted molar refractivity (Wildman–Crippen MR) is 93.8 cm³/mol. The second-order valence-corrected chi connectivity index (χ2v) is 8.06. The first-order valence-corrected chi connectivity index (χ1v) is 9.60. The highest BCUT2D eigenvalue weighted by atomic mass is 32.2. The van der Waals surface area contributed by atoms with E-state index in [0.29, 0.717) is 29.8 Å². The molecule has 1 aliphatic rings. The number of carboxylic acid groups (broad SMARTS) is 1. The van der Waals surface area contributed by atoms with Crippen LogP contribution in [-0.4, -0.2) is 51.9 Å². The van der Waals surface area contributed by atoms with E-state index in [1.54, 1.807) is 12.1 Å². The van der Waals surface area contributed by atoms with E-state index in [4.69, 9.17) is 0 Å². The van der Waals surface area contributed by atoms with Crippen molar-refractivity contribution in [3.8, 4) is 5.69 Å². The van der Waals surface area contributed by atoms with Crippen molar-refractivity contribution in [2.75, 3.05) is 13.1 Å². The van der Waals surface area contributed by atoms with Crippen LogP contribution in [0.15, 0.2) is 47.4 Å². The lowest BCUT2D eigenvalue weighted by Crippen LogP contribution is -2.28. The highest BCUT2D eigenvalue weighted by Crippen LogP contribution is 2.25. The molecule has 0 aliphatic carbocycles. The number of hydrogen-bond acceptors (Lipinski definition) is 5. The first-order chi connectivity index (χ1) is 12.5. The molecule has 1 fully saturated rings. The van der Waals surface area contributed by atoms with Gasteiger partial charge < -0.3 is 5.11 Å². The van der Waals surface area contributed by atoms with Crippen LogP contribution in [0.5, 0.6) is 0 Å². The Kier molecular flexibility index (Phi) is 3.97. The number of aromatic carboxylic acids is 1. The second kappa shape index (κ2) is 6.19. The molecule has 0 bridgehead atoms. The minimum atomic E-state index is -3.75. The Morgan fingerprint density at radius 3 is 2.54 bits per heavy atom. The van der Waals surface area contributed by atoms with E-state index >= 15 is 0 Å². The number of benzene rings is 2. The minimum absolute atomic E-state index is 0.0473. The molecule has 26 heavy (non-hydrogen) atoms. The van der Waals surface area contributed by atoms with Gasteiger partial charge in [0.1, 0.15) is 5.52 Å². The number of aromatic nitrogens is 3. The summed E-state index contributed by atoms with van der Waals surface area (Å²) in [7, 11) is -3.75. The summed E-state index contributed by atoms with van der Waals surface area (Å²) in [6.07, 6.45) is 1.61. The van der Waals surface area contributed by atoms with Gasteiger partial charge in [-0.25, -0.2) is 17.9 Å². The average molecular weight is 372 g/mol. The van der Waals surface area contributed by atoms with E-state index in [1.165, 1.54) is 27.2 Å². The monoisotopic (exact) mass is 372 g/mol. The smallest absolute Gasteiger partial charge is 0.335 e. The fourth-order valence-electron chi connectivity index (χ4n) is 3.12. The number of sulfonamides is 1. The molecule has 0 unspecified atom stereocenters. The van der Waals surface area contributed by atoms with Crippen LogP contribution in [-0.2, 0) is 10.0 Å². The Bertz CT molecular complexity index is 1100. The topological polar surface area (TPSA) is 105 Å². The average Bonchev–Trinajstić information content (AvgIpc) is 3.31. The molecule has 0 atom stereocenters. The van der Waals surface area contributed by atoms with E-state index in [9.17, 15) is 18.3 Å². The molecule has 134 valence electrons. The lowest BCUT2D eigenvalue weighted by molar-refractivity contribution is 0.0696. The van der Waals surface area contributed by atoms with Crippen LogP contribution in [0.4, 0.5) is 0 Å². The first kappa shape index (κ1) is 16.7. The zero-order valence-electron chi connectivity index (χ0n) is 13.7. The molecule has 2 aromatic carbocycles. The number of rotatable bonds is 4. The highest BCUT2D eigenvalue weighted by molar-refractivity contribution is 7.89. The zero-order chi connectivity index (χ0) is 18.3. The van der Waals surface area contributed by atoms with Crippen LogP contribution in [0, 0.1) is 0 Å². The van der Waals surface area contributed by atoms with Crippen molar-refractivity contribution in [3.05, 3.63) is 48.0 Å². The maximum Gasteiger partial charge on any atom is 0.335 e. The van der Waals surface area contributed by atoms with E-state index in [-0.39, 0.29) is 10.5 Å². The summed E-state index contributed by atoms with van der Waals surface area (Å²) in [5, 5.41) is 17.5. The van der Waals surface area contributed by atoms with Crippen LogP contribution < -0.4 is 0 Å². The number of carbonyl (C=O) groups is 1. The van der Waals surface area contributed by atoms with Gasteiger partial charge in [0.2, 0.25) is 10.0 Å². The van der Waals surface area contributed by atoms with Crippen LogP contribution >= 0.6 is 0 Å². The third-order valence-corrected chi connectivity index (χ3v) is 6.31. The number of para-hydroxylation sites is 1. The summed E-state index contributed by atoms with van der Waals surface area (Å²) in [4.78, 5) is 11.5. The maximum atomic E-state index is 12.9. The highest BCUT2D eigenvalue weighted by Gasteiger charge is 2.28. The molecule has 2 heterocycles. The van der Waals surface area contributed by atoms with Crippen LogP contribution in [0.2, 0.25) is 0 Å². The first-order valence-electron chi connectivity index (χ1n) is 8.16. The molecular weight excluding hydrogens is 356 g/mol. The quantitative estimate of drug-likeness (QED) is 0.750. The van der Waals surface area contributed by atoms with Crippen molar-refractivity contribution in [1.82, 2.24) is 19.3 Å². The van der Waals surface area contributed by atoms with Crippen LogP contribution in [0.3, 0.4) is 0 Å². The van der Waals surface area contributed by atoms with E-state index in [1.807, 2.05) is 12.1 Å². The molecule has 0 radical (unpaired) electrons. The van der Waals surface area contributed by atoms with Gasteiger partial charge in [0.15, 0.2) is 0 Å². The van der Waals surface area contributed by atoms with Crippen molar-refractivity contribution >= 4 is 27.0 Å². The van der Waals surface area contributed by atoms with Gasteiger partial charge in [-0.3, -0.25) is 0 Å². The number of fused-ring (bicyclic) bond motifs is 1. The SMILES string of the molecule is O=C(O)c1cc(-n2nnc3ccccc32)cc(S(=O)(=O)N2CCCC2)c1. The standard InChI is InChI=1S/C17H16N4O4S/c22-17(23)12-9-13(21-16-6-2-1-5-15(16)18-19-21)11-14(10-12)26(24,25)20-7-3-4-8-20/h1-2,5-6,9-11H,3-4,7-8H2,(H,22,23). The van der Waals surface area contributed by atoms with Gasteiger partial charge in [-0.1, -0.05) is 17.3 Å². The zero-order valence-corrected chi connectivity index (χ0v) is 14.6. The minimum Gasteiger partial charge on any atom is -0.478 e. The molecule has 1 aliphatic heterocycles. The lowest BCUT2D eigenvalue weighted by atomic mass is 10.2. The largest absolute Gasteiger partial charge is 0.478 e. The molecule has 1 aromatic heterocycles. The summed E-state index contributed by atoms with van der Waals surface area (Å²) in [5.41, 5.74) is 1.54. The van der Waals surface area contributed by atoms with Crippen LogP contribution in [0.1, 0.15) is 23.2 Å². The molecule has 4 rings (SSSR count). The van der Waals surface area contributed by atoms with Crippen molar-refractivity contribution in [2.24, 2.45) is 0 Å². The van der Waals surface area contributed by atoms with Crippen molar-refractivity contribution in [2.45, 2.75) is 17.7 Å². The molecule has 0 saturated carbocycles. The molecule has 9 heteroatoms. The number of carboxylic acids is 1. The predicted octanol–water partition coefficient (Wildman–Crippen LogP) is 1.90. The molecule has 1 N–H and O–H groups in total. The molecule has 0 amide bonds. The van der Waals surface area contributed by atoms with Gasteiger partial charge in [-0.2, -0.15) is 4.31 Å². The Morgan fingerprint density at radius 2 is 1.81 bits per heavy atom. The Hall–Kier alpha value is -2.78. The molecule has 3 aromatic rings. The van der Waals surface area contributed by atoms with Gasteiger partial charge in [0.25, 0.3) is 0 Å². The third-order valence-electron chi connectivity index (χ3n) is 4.44. The van der Waals surface area contributed by atoms with Gasteiger partial charge in [0.05, 0.1) is 21.7 Å². The Labute approximate surface area is 149 Å². The van der Waals surface area contributed by atoms with Gasteiger partial charge in [0, 0.05) is 13.1 Å². The van der Waals surface area contributed by atoms with E-state index < -0.39 is 16.0 Å². The summed E-state index contributed by atoms with van der Waals surface area (Å²) in [6, 6.07) is 11.2. The summed E-state index contributed by atoms with van der Waals surface area (Å²) in [6.45, 7) is 0.891. The molecule has 8 nitrogen and oxygen atoms in total. The Balaban J connectivity index is 1.91. The third kappa shape index (κ3) is 2.74. The second-order valence-electron chi connectivity index (χ2n) is 6.12. The van der Waals surface area contributed by atoms with Gasteiger partial charge in [-0.05, 0) is 43.2 Å². The fraction of sp³-hybridized carbons (Fsp3) is 0.235. The maximum absolute atomic E-state index is 12.9. The Morgan fingerprint density at radius 1 is 1.08 bits per heavy atom. The molecular formula is C17H16N4O4S. The van der Waals surface area contributed by atoms with Crippen molar-refractivity contribution < 1.29 is 18.3 Å². The summed E-state index contributed by atoms with van der Waals surface area (Å²) >= 11 is 0. The van der Waals surface area contributed by atoms with Gasteiger partial charge >= 0.3 is 5.97 Å². The van der Waals surface area contributed by atoms with Crippen molar-refractivity contribution in [3.63, 3.8) is 0 Å². The summed E-state index contributed by atoms with van der Waals surface area (Å²) in [5.74, 6) is -1.20. The fourth-order valence-corrected chi connectivity index (χ4v) is 4.70. The lowest BCUT2D eigenvalue weighted by Gasteiger charge is -2.16.